The predicted octanol–water partition coefficient (Wildman–Crippen LogP) is 5.61. The lowest BCUT2D eigenvalue weighted by atomic mass is 10.1. The largest absolute Gasteiger partial charge is 0.381 e. The van der Waals surface area contributed by atoms with Crippen molar-refractivity contribution in [2.24, 2.45) is 0 Å². The molecule has 0 fully saturated rings. The van der Waals surface area contributed by atoms with E-state index in [0.717, 1.165) is 32.5 Å². The first-order valence-electron chi connectivity index (χ1n) is 10.8. The van der Waals surface area contributed by atoms with Crippen LogP contribution in [0.3, 0.4) is 0 Å². The molecule has 150 valence electrons. The Balaban J connectivity index is 1.43. The minimum Gasteiger partial charge on any atom is -0.381 e. The maximum absolute atomic E-state index is 12.3. The Morgan fingerprint density at radius 3 is 1.74 bits per heavy atom. The zero-order valence-electron chi connectivity index (χ0n) is 16.9. The van der Waals surface area contributed by atoms with Crippen molar-refractivity contribution in [1.29, 1.82) is 0 Å². The Bertz CT molecular complexity index is 550. The van der Waals surface area contributed by atoms with Crippen molar-refractivity contribution in [3.63, 3.8) is 0 Å². The number of ether oxygens (including phenoxy) is 1. The minimum atomic E-state index is -0.134. The number of rotatable bonds is 15. The number of nitrogens with zero attached hydrogens (tertiary/aromatic N) is 1. The number of carbonyl (C=O) groups is 2. The summed E-state index contributed by atoms with van der Waals surface area (Å²) < 4.78 is 5.66. The standard InChI is InChI=1S/C23H35NO3/c1-2-3-4-13-18-27-19-14-9-7-5-6-8-12-17-24-22(25)20-15-10-11-16-21(20)23(24)26/h10-11,15-16H,2-9,12-14,17-19H2,1H3. The van der Waals surface area contributed by atoms with E-state index in [2.05, 4.69) is 6.92 Å². The van der Waals surface area contributed by atoms with E-state index in [0.29, 0.717) is 17.7 Å². The molecule has 0 spiro atoms. The average Bonchev–Trinajstić information content (AvgIpc) is 2.93. The van der Waals surface area contributed by atoms with Gasteiger partial charge in [0.2, 0.25) is 0 Å². The molecule has 1 aliphatic rings. The fourth-order valence-corrected chi connectivity index (χ4v) is 3.53. The van der Waals surface area contributed by atoms with Gasteiger partial charge in [-0.15, -0.1) is 0 Å². The lowest BCUT2D eigenvalue weighted by Gasteiger charge is -2.13. The molecule has 2 rings (SSSR count). The Morgan fingerprint density at radius 2 is 1.19 bits per heavy atom. The lowest BCUT2D eigenvalue weighted by Crippen LogP contribution is -2.30. The molecule has 0 unspecified atom stereocenters. The van der Waals surface area contributed by atoms with Gasteiger partial charge >= 0.3 is 0 Å². The summed E-state index contributed by atoms with van der Waals surface area (Å²) >= 11 is 0. The van der Waals surface area contributed by atoms with Crippen molar-refractivity contribution in [2.75, 3.05) is 19.8 Å². The van der Waals surface area contributed by atoms with Crippen molar-refractivity contribution in [3.8, 4) is 0 Å². The van der Waals surface area contributed by atoms with E-state index in [4.69, 9.17) is 4.74 Å². The molecule has 0 saturated heterocycles. The van der Waals surface area contributed by atoms with Crippen LogP contribution in [0, 0.1) is 0 Å². The topological polar surface area (TPSA) is 46.6 Å². The van der Waals surface area contributed by atoms with E-state index in [9.17, 15) is 9.59 Å². The van der Waals surface area contributed by atoms with E-state index in [1.165, 1.54) is 56.3 Å². The SMILES string of the molecule is CCCCCCOCCCCCCCCCN1C(=O)c2ccccc2C1=O. The zero-order valence-corrected chi connectivity index (χ0v) is 16.9. The van der Waals surface area contributed by atoms with Crippen LogP contribution in [-0.4, -0.2) is 36.5 Å². The quantitative estimate of drug-likeness (QED) is 0.296. The molecule has 27 heavy (non-hydrogen) atoms. The first-order valence-corrected chi connectivity index (χ1v) is 10.8. The highest BCUT2D eigenvalue weighted by atomic mass is 16.5. The van der Waals surface area contributed by atoms with Gasteiger partial charge in [0.15, 0.2) is 0 Å². The third kappa shape index (κ3) is 7.10. The van der Waals surface area contributed by atoms with Crippen LogP contribution in [0.2, 0.25) is 0 Å². The van der Waals surface area contributed by atoms with E-state index < -0.39 is 0 Å². The number of hydrogen-bond donors (Lipinski definition) is 0. The van der Waals surface area contributed by atoms with E-state index >= 15 is 0 Å². The summed E-state index contributed by atoms with van der Waals surface area (Å²) in [5.41, 5.74) is 1.10. The Kier molecular flexibility index (Phi) is 10.1. The highest BCUT2D eigenvalue weighted by Gasteiger charge is 2.34. The first-order chi connectivity index (χ1) is 13.3. The van der Waals surface area contributed by atoms with Crippen molar-refractivity contribution in [1.82, 2.24) is 4.90 Å². The number of fused-ring (bicyclic) bond motifs is 1. The van der Waals surface area contributed by atoms with Gasteiger partial charge in [0.1, 0.15) is 0 Å². The van der Waals surface area contributed by atoms with Gasteiger partial charge in [-0.2, -0.15) is 0 Å². The van der Waals surface area contributed by atoms with Gasteiger partial charge in [-0.1, -0.05) is 70.4 Å². The van der Waals surface area contributed by atoms with Crippen LogP contribution in [0.5, 0.6) is 0 Å². The second kappa shape index (κ2) is 12.7. The van der Waals surface area contributed by atoms with Crippen molar-refractivity contribution in [3.05, 3.63) is 35.4 Å². The molecule has 4 heteroatoms. The van der Waals surface area contributed by atoms with Crippen LogP contribution in [0.25, 0.3) is 0 Å². The van der Waals surface area contributed by atoms with E-state index in [-0.39, 0.29) is 11.8 Å². The molecular formula is C23H35NO3. The zero-order chi connectivity index (χ0) is 19.3. The van der Waals surface area contributed by atoms with Crippen LogP contribution in [0.1, 0.15) is 98.3 Å². The summed E-state index contributed by atoms with van der Waals surface area (Å²) in [5, 5.41) is 0. The lowest BCUT2D eigenvalue weighted by molar-refractivity contribution is 0.0651. The van der Waals surface area contributed by atoms with Gasteiger partial charge in [-0.25, -0.2) is 0 Å². The molecule has 0 N–H and O–H groups in total. The second-order valence-corrected chi connectivity index (χ2v) is 7.46. The first kappa shape index (κ1) is 21.6. The molecule has 0 aromatic heterocycles. The number of imide groups is 1. The van der Waals surface area contributed by atoms with Gasteiger partial charge in [-0.3, -0.25) is 14.5 Å². The van der Waals surface area contributed by atoms with Gasteiger partial charge in [-0.05, 0) is 31.4 Å². The van der Waals surface area contributed by atoms with Gasteiger partial charge in [0.25, 0.3) is 11.8 Å². The molecule has 4 nitrogen and oxygen atoms in total. The fraction of sp³-hybridized carbons (Fsp3) is 0.652. The summed E-state index contributed by atoms with van der Waals surface area (Å²) in [6.07, 6.45) is 13.1. The molecule has 0 saturated carbocycles. The molecule has 1 heterocycles. The molecule has 0 aliphatic carbocycles. The number of hydrogen-bond acceptors (Lipinski definition) is 3. The summed E-state index contributed by atoms with van der Waals surface area (Å²) in [6, 6.07) is 7.10. The maximum atomic E-state index is 12.3. The molecular weight excluding hydrogens is 338 g/mol. The second-order valence-electron chi connectivity index (χ2n) is 7.46. The van der Waals surface area contributed by atoms with Crippen LogP contribution in [0.15, 0.2) is 24.3 Å². The predicted molar refractivity (Wildman–Crippen MR) is 109 cm³/mol. The Morgan fingerprint density at radius 1 is 0.704 bits per heavy atom. The van der Waals surface area contributed by atoms with Crippen molar-refractivity contribution < 1.29 is 14.3 Å². The van der Waals surface area contributed by atoms with Gasteiger partial charge in [0, 0.05) is 19.8 Å². The normalized spacial score (nSPS) is 13.4. The molecule has 0 bridgehead atoms. The monoisotopic (exact) mass is 373 g/mol. The van der Waals surface area contributed by atoms with Crippen LogP contribution in [-0.2, 0) is 4.74 Å². The van der Waals surface area contributed by atoms with E-state index in [1.54, 1.807) is 12.1 Å². The fourth-order valence-electron chi connectivity index (χ4n) is 3.53. The highest BCUT2D eigenvalue weighted by Crippen LogP contribution is 2.22. The smallest absolute Gasteiger partial charge is 0.261 e. The van der Waals surface area contributed by atoms with Crippen molar-refractivity contribution in [2.45, 2.75) is 77.6 Å². The summed E-state index contributed by atoms with van der Waals surface area (Å²) in [4.78, 5) is 25.9. The Hall–Kier alpha value is -1.68. The van der Waals surface area contributed by atoms with Crippen LogP contribution in [0.4, 0.5) is 0 Å². The van der Waals surface area contributed by atoms with Crippen LogP contribution < -0.4 is 0 Å². The maximum Gasteiger partial charge on any atom is 0.261 e. The van der Waals surface area contributed by atoms with E-state index in [1.807, 2.05) is 12.1 Å². The van der Waals surface area contributed by atoms with Crippen LogP contribution >= 0.6 is 0 Å². The number of benzene rings is 1. The summed E-state index contributed by atoms with van der Waals surface area (Å²) in [5.74, 6) is -0.268. The minimum absolute atomic E-state index is 0.134. The molecule has 1 aromatic carbocycles. The molecule has 0 radical (unpaired) electrons. The molecule has 0 atom stereocenters. The average molecular weight is 374 g/mol. The number of carbonyl (C=O) groups excluding carboxylic acids is 2. The Labute approximate surface area is 164 Å². The summed E-state index contributed by atoms with van der Waals surface area (Å²) in [7, 11) is 0. The number of amides is 2. The third-order valence-electron chi connectivity index (χ3n) is 5.19. The van der Waals surface area contributed by atoms with Gasteiger partial charge < -0.3 is 4.74 Å². The highest BCUT2D eigenvalue weighted by molar-refractivity contribution is 6.21. The molecule has 1 aromatic rings. The molecule has 2 amide bonds. The number of unbranched alkanes of at least 4 members (excludes halogenated alkanes) is 9. The van der Waals surface area contributed by atoms with Gasteiger partial charge in [0.05, 0.1) is 11.1 Å². The van der Waals surface area contributed by atoms with Crippen molar-refractivity contribution >= 4 is 11.8 Å². The third-order valence-corrected chi connectivity index (χ3v) is 5.19. The molecule has 1 aliphatic heterocycles. The summed E-state index contributed by atoms with van der Waals surface area (Å²) in [6.45, 7) is 4.58.